The fourth-order valence-electron chi connectivity index (χ4n) is 4.62. The van der Waals surface area contributed by atoms with Crippen LogP contribution in [0, 0.1) is 19.7 Å². The van der Waals surface area contributed by atoms with Crippen LogP contribution in [0.4, 0.5) is 21.5 Å². The molecule has 0 unspecified atom stereocenters. The molecule has 210 valence electrons. The molecule has 9 heteroatoms. The van der Waals surface area contributed by atoms with Crippen molar-refractivity contribution in [3.8, 4) is 0 Å². The summed E-state index contributed by atoms with van der Waals surface area (Å²) in [5.41, 5.74) is 5.06. The summed E-state index contributed by atoms with van der Waals surface area (Å²) in [6, 6.07) is 16.6. The largest absolute Gasteiger partial charge is 0.383 e. The van der Waals surface area contributed by atoms with Gasteiger partial charge in [0.2, 0.25) is 5.91 Å². The molecule has 0 bridgehead atoms. The highest BCUT2D eigenvalue weighted by molar-refractivity contribution is 6.07. The molecule has 0 aliphatic carbocycles. The Morgan fingerprint density at radius 2 is 1.60 bits per heavy atom. The second-order valence-electron chi connectivity index (χ2n) is 9.92. The molecule has 0 aromatic heterocycles. The molecule has 3 amide bonds. The van der Waals surface area contributed by atoms with Crippen molar-refractivity contribution >= 4 is 34.8 Å². The number of hydrogen-bond acceptors (Lipinski definition) is 5. The number of benzene rings is 3. The lowest BCUT2D eigenvalue weighted by Crippen LogP contribution is -2.30. The van der Waals surface area contributed by atoms with Crippen LogP contribution in [-0.4, -0.2) is 55.3 Å². The Labute approximate surface area is 234 Å². The molecular formula is C31H36FN5O3. The van der Waals surface area contributed by atoms with Crippen molar-refractivity contribution in [2.45, 2.75) is 33.1 Å². The van der Waals surface area contributed by atoms with Crippen molar-refractivity contribution in [2.75, 3.05) is 48.7 Å². The SMILES string of the molecule is Cc1cccc(NCCNc2ccc(C(=O)NCCCN3CCCC3=O)cc2NC(=O)c2cccc(F)c2)c1C. The predicted molar refractivity (Wildman–Crippen MR) is 156 cm³/mol. The molecule has 0 spiro atoms. The van der Waals surface area contributed by atoms with E-state index in [2.05, 4.69) is 41.2 Å². The van der Waals surface area contributed by atoms with Gasteiger partial charge in [-0.15, -0.1) is 0 Å². The summed E-state index contributed by atoms with van der Waals surface area (Å²) < 4.78 is 13.7. The molecule has 1 aliphatic rings. The van der Waals surface area contributed by atoms with Crippen LogP contribution >= 0.6 is 0 Å². The number of anilines is 3. The number of amides is 3. The van der Waals surface area contributed by atoms with Gasteiger partial charge >= 0.3 is 0 Å². The van der Waals surface area contributed by atoms with Gasteiger partial charge in [-0.05, 0) is 80.3 Å². The van der Waals surface area contributed by atoms with Crippen molar-refractivity contribution in [3.63, 3.8) is 0 Å². The van der Waals surface area contributed by atoms with Gasteiger partial charge in [0.1, 0.15) is 5.82 Å². The first-order chi connectivity index (χ1) is 19.3. The number of aryl methyl sites for hydroxylation is 1. The van der Waals surface area contributed by atoms with Crippen molar-refractivity contribution in [2.24, 2.45) is 0 Å². The monoisotopic (exact) mass is 545 g/mol. The number of carbonyl (C=O) groups is 3. The van der Waals surface area contributed by atoms with E-state index < -0.39 is 11.7 Å². The smallest absolute Gasteiger partial charge is 0.255 e. The minimum atomic E-state index is -0.507. The molecule has 0 atom stereocenters. The molecule has 0 saturated carbocycles. The van der Waals surface area contributed by atoms with Gasteiger partial charge in [0, 0.05) is 56.0 Å². The molecule has 1 aliphatic heterocycles. The van der Waals surface area contributed by atoms with Crippen LogP contribution in [0.2, 0.25) is 0 Å². The van der Waals surface area contributed by atoms with E-state index in [0.717, 1.165) is 24.7 Å². The second kappa shape index (κ2) is 13.6. The Morgan fingerprint density at radius 1 is 0.850 bits per heavy atom. The van der Waals surface area contributed by atoms with Gasteiger partial charge in [-0.3, -0.25) is 14.4 Å². The Hall–Kier alpha value is -4.40. The minimum Gasteiger partial charge on any atom is -0.383 e. The number of rotatable bonds is 12. The number of nitrogens with zero attached hydrogens (tertiary/aromatic N) is 1. The normalized spacial score (nSPS) is 12.8. The standard InChI is InChI=1S/C31H36FN5O3/c1-21-7-3-10-26(22(21)2)33-15-16-34-27-13-12-24(30(39)35-14-6-18-37-17-5-11-29(37)38)20-28(27)36-31(40)23-8-4-9-25(32)19-23/h3-4,7-10,12-13,19-20,33-34H,5-6,11,14-18H2,1-2H3,(H,35,39)(H,36,40). The van der Waals surface area contributed by atoms with E-state index in [1.54, 1.807) is 18.2 Å². The Kier molecular flexibility index (Phi) is 9.72. The summed E-state index contributed by atoms with van der Waals surface area (Å²) >= 11 is 0. The van der Waals surface area contributed by atoms with Gasteiger partial charge in [-0.2, -0.15) is 0 Å². The molecule has 40 heavy (non-hydrogen) atoms. The average Bonchev–Trinajstić information content (AvgIpc) is 3.36. The first-order valence-electron chi connectivity index (χ1n) is 13.6. The maximum absolute atomic E-state index is 13.7. The number of halogens is 1. The number of hydrogen-bond donors (Lipinski definition) is 4. The van der Waals surface area contributed by atoms with Crippen LogP contribution in [0.3, 0.4) is 0 Å². The van der Waals surface area contributed by atoms with Crippen LogP contribution in [0.5, 0.6) is 0 Å². The lowest BCUT2D eigenvalue weighted by Gasteiger charge is -2.17. The van der Waals surface area contributed by atoms with Gasteiger partial charge in [0.15, 0.2) is 0 Å². The highest BCUT2D eigenvalue weighted by atomic mass is 19.1. The van der Waals surface area contributed by atoms with Crippen molar-refractivity contribution in [1.29, 1.82) is 0 Å². The van der Waals surface area contributed by atoms with Crippen LogP contribution in [0.15, 0.2) is 60.7 Å². The maximum atomic E-state index is 13.7. The van der Waals surface area contributed by atoms with Crippen molar-refractivity contribution in [3.05, 3.63) is 88.7 Å². The summed E-state index contributed by atoms with van der Waals surface area (Å²) in [6.07, 6.45) is 2.14. The van der Waals surface area contributed by atoms with Gasteiger partial charge in [-0.25, -0.2) is 4.39 Å². The predicted octanol–water partition coefficient (Wildman–Crippen LogP) is 4.96. The fraction of sp³-hybridized carbons (Fsp3) is 0.323. The third kappa shape index (κ3) is 7.59. The van der Waals surface area contributed by atoms with Crippen LogP contribution in [-0.2, 0) is 4.79 Å². The molecule has 1 heterocycles. The van der Waals surface area contributed by atoms with E-state index in [4.69, 9.17) is 0 Å². The molecule has 4 rings (SSSR count). The van der Waals surface area contributed by atoms with E-state index in [1.807, 2.05) is 17.0 Å². The molecular weight excluding hydrogens is 509 g/mol. The molecule has 1 fully saturated rings. The lowest BCUT2D eigenvalue weighted by molar-refractivity contribution is -0.127. The quantitative estimate of drug-likeness (QED) is 0.241. The van der Waals surface area contributed by atoms with Gasteiger partial charge < -0.3 is 26.2 Å². The first-order valence-corrected chi connectivity index (χ1v) is 13.6. The summed E-state index contributed by atoms with van der Waals surface area (Å²) in [5.74, 6) is -1.11. The molecule has 4 N–H and O–H groups in total. The third-order valence-electron chi connectivity index (χ3n) is 7.04. The zero-order chi connectivity index (χ0) is 28.5. The summed E-state index contributed by atoms with van der Waals surface area (Å²) in [7, 11) is 0. The third-order valence-corrected chi connectivity index (χ3v) is 7.04. The van der Waals surface area contributed by atoms with E-state index >= 15 is 0 Å². The van der Waals surface area contributed by atoms with E-state index in [1.165, 1.54) is 29.3 Å². The highest BCUT2D eigenvalue weighted by Gasteiger charge is 2.19. The minimum absolute atomic E-state index is 0.164. The topological polar surface area (TPSA) is 103 Å². The zero-order valence-corrected chi connectivity index (χ0v) is 23.0. The van der Waals surface area contributed by atoms with Crippen LogP contribution < -0.4 is 21.3 Å². The molecule has 1 saturated heterocycles. The van der Waals surface area contributed by atoms with Gasteiger partial charge in [-0.1, -0.05) is 18.2 Å². The van der Waals surface area contributed by atoms with Crippen molar-refractivity contribution in [1.82, 2.24) is 10.2 Å². The average molecular weight is 546 g/mol. The van der Waals surface area contributed by atoms with Crippen LogP contribution in [0.25, 0.3) is 0 Å². The Bertz CT molecular complexity index is 1380. The number of likely N-dealkylation sites (tertiary alicyclic amines) is 1. The summed E-state index contributed by atoms with van der Waals surface area (Å²) in [6.45, 7) is 7.14. The highest BCUT2D eigenvalue weighted by Crippen LogP contribution is 2.25. The van der Waals surface area contributed by atoms with Gasteiger partial charge in [0.05, 0.1) is 11.4 Å². The zero-order valence-electron chi connectivity index (χ0n) is 23.0. The Balaban J connectivity index is 1.40. The fourth-order valence-corrected chi connectivity index (χ4v) is 4.62. The summed E-state index contributed by atoms with van der Waals surface area (Å²) in [4.78, 5) is 39.3. The van der Waals surface area contributed by atoms with E-state index in [0.29, 0.717) is 56.0 Å². The molecule has 3 aromatic rings. The second-order valence-corrected chi connectivity index (χ2v) is 9.92. The molecule has 8 nitrogen and oxygen atoms in total. The van der Waals surface area contributed by atoms with E-state index in [-0.39, 0.29) is 17.4 Å². The van der Waals surface area contributed by atoms with Crippen molar-refractivity contribution < 1.29 is 18.8 Å². The number of carbonyl (C=O) groups excluding carboxylic acids is 3. The van der Waals surface area contributed by atoms with Gasteiger partial charge in [0.25, 0.3) is 11.8 Å². The van der Waals surface area contributed by atoms with Crippen LogP contribution in [0.1, 0.15) is 51.1 Å². The maximum Gasteiger partial charge on any atom is 0.255 e. The molecule has 3 aromatic carbocycles. The Morgan fingerprint density at radius 3 is 2.35 bits per heavy atom. The lowest BCUT2D eigenvalue weighted by atomic mass is 10.1. The first kappa shape index (κ1) is 28.6. The molecule has 0 radical (unpaired) electrons. The van der Waals surface area contributed by atoms with E-state index in [9.17, 15) is 18.8 Å². The summed E-state index contributed by atoms with van der Waals surface area (Å²) in [5, 5.41) is 12.4. The number of nitrogens with one attached hydrogen (secondary N) is 4.